The molecular formula is C26H22ClN3O4. The van der Waals surface area contributed by atoms with Gasteiger partial charge < -0.3 is 18.8 Å². The normalized spacial score (nSPS) is 11.4. The van der Waals surface area contributed by atoms with Gasteiger partial charge in [0.2, 0.25) is 5.22 Å². The number of ether oxygens (including phenoxy) is 1. The fourth-order valence-electron chi connectivity index (χ4n) is 4.07. The van der Waals surface area contributed by atoms with Crippen LogP contribution in [0.5, 0.6) is 5.95 Å². The Morgan fingerprint density at radius 3 is 2.65 bits per heavy atom. The minimum Gasteiger partial charge on any atom is -0.412 e. The number of aryl methyl sites for hydroxylation is 2. The predicted octanol–water partition coefficient (Wildman–Crippen LogP) is 5.46. The molecule has 172 valence electrons. The van der Waals surface area contributed by atoms with Crippen LogP contribution in [0.3, 0.4) is 0 Å². The van der Waals surface area contributed by atoms with Gasteiger partial charge in [0, 0.05) is 11.8 Å². The number of furan rings is 1. The van der Waals surface area contributed by atoms with Crippen LogP contribution in [-0.2, 0) is 19.6 Å². The smallest absolute Gasteiger partial charge is 0.345 e. The number of imidazole rings is 1. The fourth-order valence-corrected chi connectivity index (χ4v) is 4.29. The summed E-state index contributed by atoms with van der Waals surface area (Å²) in [5.74, 6) is 0.444. The van der Waals surface area contributed by atoms with Gasteiger partial charge >= 0.3 is 11.9 Å². The molecular weight excluding hydrogens is 454 g/mol. The van der Waals surface area contributed by atoms with E-state index in [0.29, 0.717) is 28.6 Å². The number of nitrogens with zero attached hydrogens (tertiary/aromatic N) is 3. The van der Waals surface area contributed by atoms with E-state index in [4.69, 9.17) is 25.7 Å². The molecule has 7 nitrogen and oxygen atoms in total. The van der Waals surface area contributed by atoms with Crippen molar-refractivity contribution in [1.82, 2.24) is 14.5 Å². The molecule has 0 radical (unpaired) electrons. The molecule has 0 bridgehead atoms. The highest BCUT2D eigenvalue weighted by Crippen LogP contribution is 2.36. The lowest BCUT2D eigenvalue weighted by Gasteiger charge is -2.09. The maximum atomic E-state index is 12.5. The van der Waals surface area contributed by atoms with Crippen molar-refractivity contribution in [2.45, 2.75) is 33.4 Å². The Kier molecular flexibility index (Phi) is 5.81. The number of pyridine rings is 1. The Balaban J connectivity index is 1.50. The van der Waals surface area contributed by atoms with Crippen LogP contribution in [-0.4, -0.2) is 25.6 Å². The fraction of sp³-hybridized carbons (Fsp3) is 0.192. The van der Waals surface area contributed by atoms with Crippen LogP contribution in [0, 0.1) is 6.92 Å². The highest BCUT2D eigenvalue weighted by Gasteiger charge is 2.19. The summed E-state index contributed by atoms with van der Waals surface area (Å²) in [6, 6.07) is 16.2. The van der Waals surface area contributed by atoms with Crippen LogP contribution in [0.2, 0.25) is 5.22 Å². The summed E-state index contributed by atoms with van der Waals surface area (Å²) in [6.45, 7) is 4.39. The summed E-state index contributed by atoms with van der Waals surface area (Å²) >= 11 is 6.36. The van der Waals surface area contributed by atoms with Gasteiger partial charge in [0.05, 0.1) is 29.8 Å². The number of aromatic nitrogens is 3. The molecule has 3 aromatic heterocycles. The molecule has 0 fully saturated rings. The van der Waals surface area contributed by atoms with Crippen molar-refractivity contribution in [3.63, 3.8) is 0 Å². The van der Waals surface area contributed by atoms with Gasteiger partial charge in [-0.05, 0) is 60.0 Å². The lowest BCUT2D eigenvalue weighted by molar-refractivity contribution is 0.0697. The molecule has 0 amide bonds. The van der Waals surface area contributed by atoms with Crippen molar-refractivity contribution < 1.29 is 19.1 Å². The molecule has 0 unspecified atom stereocenters. The summed E-state index contributed by atoms with van der Waals surface area (Å²) in [4.78, 5) is 21.8. The number of halogens is 1. The molecule has 0 aliphatic heterocycles. The van der Waals surface area contributed by atoms with Crippen LogP contribution >= 0.6 is 11.6 Å². The Bertz CT molecular complexity index is 1520. The van der Waals surface area contributed by atoms with Crippen LogP contribution in [0.25, 0.3) is 21.9 Å². The standard InChI is InChI=1S/C26H22ClN3O4/c1-3-21-29-22-15(2)11-18(14-31)28-24(22)30(21)13-16-9-10-19-20(12-16)23(27)33-26(19)34-25(32)17-7-5-4-6-8-17/h4-12,31H,3,13-14H2,1-2H3. The Hall–Kier alpha value is -3.68. The highest BCUT2D eigenvalue weighted by atomic mass is 35.5. The monoisotopic (exact) mass is 475 g/mol. The van der Waals surface area contributed by atoms with Crippen LogP contribution in [0.15, 0.2) is 59.0 Å². The maximum absolute atomic E-state index is 12.5. The third-order valence-corrected chi connectivity index (χ3v) is 6.02. The number of aliphatic hydroxyl groups excluding tert-OH is 1. The lowest BCUT2D eigenvalue weighted by atomic mass is 10.1. The minimum atomic E-state index is -0.518. The number of esters is 1. The van der Waals surface area contributed by atoms with E-state index in [1.807, 2.05) is 48.7 Å². The Morgan fingerprint density at radius 2 is 1.91 bits per heavy atom. The first-order valence-corrected chi connectivity index (χ1v) is 11.3. The number of hydrogen-bond donors (Lipinski definition) is 1. The summed E-state index contributed by atoms with van der Waals surface area (Å²) < 4.78 is 13.1. The first-order valence-electron chi connectivity index (χ1n) is 10.9. The average molecular weight is 476 g/mol. The quantitative estimate of drug-likeness (QED) is 0.328. The average Bonchev–Trinajstić information content (AvgIpc) is 3.36. The molecule has 0 saturated carbocycles. The molecule has 5 aromatic rings. The molecule has 0 atom stereocenters. The number of hydrogen-bond acceptors (Lipinski definition) is 6. The summed E-state index contributed by atoms with van der Waals surface area (Å²) in [7, 11) is 0. The van der Waals surface area contributed by atoms with Crippen molar-refractivity contribution in [2.24, 2.45) is 0 Å². The second-order valence-electron chi connectivity index (χ2n) is 8.03. The third kappa shape index (κ3) is 3.93. The second-order valence-corrected chi connectivity index (χ2v) is 8.37. The van der Waals surface area contributed by atoms with Crippen molar-refractivity contribution in [1.29, 1.82) is 0 Å². The molecule has 0 saturated heterocycles. The summed E-state index contributed by atoms with van der Waals surface area (Å²) in [6.07, 6.45) is 0.735. The molecule has 5 rings (SSSR count). The van der Waals surface area contributed by atoms with Gasteiger partial charge in [0.1, 0.15) is 11.3 Å². The Labute approximate surface area is 200 Å². The zero-order valence-electron chi connectivity index (χ0n) is 18.7. The van der Waals surface area contributed by atoms with E-state index in [1.54, 1.807) is 24.3 Å². The predicted molar refractivity (Wildman–Crippen MR) is 129 cm³/mol. The van der Waals surface area contributed by atoms with Crippen LogP contribution in [0.4, 0.5) is 0 Å². The zero-order valence-corrected chi connectivity index (χ0v) is 19.5. The molecule has 1 N–H and O–H groups in total. The van der Waals surface area contributed by atoms with E-state index in [1.165, 1.54) is 0 Å². The van der Waals surface area contributed by atoms with E-state index in [-0.39, 0.29) is 17.8 Å². The van der Waals surface area contributed by atoms with Gasteiger partial charge in [-0.3, -0.25) is 0 Å². The van der Waals surface area contributed by atoms with Crippen molar-refractivity contribution in [2.75, 3.05) is 0 Å². The first kappa shape index (κ1) is 22.1. The van der Waals surface area contributed by atoms with Gasteiger partial charge in [-0.1, -0.05) is 31.2 Å². The zero-order chi connectivity index (χ0) is 23.8. The van der Waals surface area contributed by atoms with E-state index < -0.39 is 5.97 Å². The van der Waals surface area contributed by atoms with E-state index in [0.717, 1.165) is 34.5 Å². The molecule has 34 heavy (non-hydrogen) atoms. The van der Waals surface area contributed by atoms with E-state index in [2.05, 4.69) is 4.98 Å². The number of benzene rings is 2. The SMILES string of the molecule is CCc1nc2c(C)cc(CO)nc2n1Cc1ccc2c(OC(=O)c3ccccc3)oc(Cl)c2c1. The van der Waals surface area contributed by atoms with Crippen molar-refractivity contribution >= 4 is 39.5 Å². The number of fused-ring (bicyclic) bond motifs is 2. The number of aliphatic hydroxyl groups is 1. The summed E-state index contributed by atoms with van der Waals surface area (Å²) in [5, 5.41) is 11.0. The number of carbonyl (C=O) groups is 1. The van der Waals surface area contributed by atoms with Gasteiger partial charge in [0.25, 0.3) is 0 Å². The van der Waals surface area contributed by atoms with Gasteiger partial charge in [-0.15, -0.1) is 0 Å². The lowest BCUT2D eigenvalue weighted by Crippen LogP contribution is -2.07. The molecule has 0 spiro atoms. The molecule has 3 heterocycles. The minimum absolute atomic E-state index is 0.0626. The molecule has 8 heteroatoms. The molecule has 0 aliphatic carbocycles. The van der Waals surface area contributed by atoms with Crippen LogP contribution in [0.1, 0.15) is 39.9 Å². The van der Waals surface area contributed by atoms with Gasteiger partial charge in [0.15, 0.2) is 5.65 Å². The van der Waals surface area contributed by atoms with E-state index in [9.17, 15) is 9.90 Å². The second kappa shape index (κ2) is 8.93. The number of carbonyl (C=O) groups excluding carboxylic acids is 1. The first-order chi connectivity index (χ1) is 16.5. The largest absolute Gasteiger partial charge is 0.412 e. The molecule has 2 aromatic carbocycles. The number of rotatable bonds is 6. The van der Waals surface area contributed by atoms with Crippen LogP contribution < -0.4 is 4.74 Å². The van der Waals surface area contributed by atoms with Crippen molar-refractivity contribution in [3.8, 4) is 5.95 Å². The molecule has 0 aliphatic rings. The highest BCUT2D eigenvalue weighted by molar-refractivity contribution is 6.34. The topological polar surface area (TPSA) is 90.4 Å². The summed E-state index contributed by atoms with van der Waals surface area (Å²) in [5.41, 5.74) is 4.51. The Morgan fingerprint density at radius 1 is 1.12 bits per heavy atom. The third-order valence-electron chi connectivity index (χ3n) is 5.74. The van der Waals surface area contributed by atoms with Gasteiger partial charge in [-0.25, -0.2) is 14.8 Å². The van der Waals surface area contributed by atoms with E-state index >= 15 is 0 Å². The maximum Gasteiger partial charge on any atom is 0.345 e. The van der Waals surface area contributed by atoms with Crippen molar-refractivity contribution in [3.05, 3.63) is 88.0 Å². The van der Waals surface area contributed by atoms with Gasteiger partial charge in [-0.2, -0.15) is 0 Å².